The van der Waals surface area contributed by atoms with Crippen LogP contribution in [0.1, 0.15) is 39.5 Å². The lowest BCUT2D eigenvalue weighted by Gasteiger charge is -2.17. The molecule has 1 fully saturated rings. The van der Waals surface area contributed by atoms with Gasteiger partial charge in [-0.15, -0.1) is 0 Å². The van der Waals surface area contributed by atoms with Crippen molar-refractivity contribution in [2.75, 3.05) is 32.7 Å². The first-order valence-electron chi connectivity index (χ1n) is 6.29. The largest absolute Gasteiger partial charge is 0.317 e. The van der Waals surface area contributed by atoms with Gasteiger partial charge in [0.1, 0.15) is 0 Å². The van der Waals surface area contributed by atoms with Crippen LogP contribution in [-0.4, -0.2) is 37.6 Å². The number of rotatable bonds is 9. The summed E-state index contributed by atoms with van der Waals surface area (Å²) >= 11 is 0. The van der Waals surface area contributed by atoms with E-state index in [1.54, 1.807) is 0 Å². The normalized spacial score (nSPS) is 16.5. The molecule has 2 heteroatoms. The molecule has 1 aliphatic rings. The highest BCUT2D eigenvalue weighted by Crippen LogP contribution is 2.31. The van der Waals surface area contributed by atoms with Crippen LogP contribution < -0.4 is 5.32 Å². The van der Waals surface area contributed by atoms with Crippen LogP contribution in [-0.2, 0) is 0 Å². The third kappa shape index (κ3) is 5.61. The topological polar surface area (TPSA) is 15.3 Å². The lowest BCUT2D eigenvalue weighted by atomic mass is 10.3. The van der Waals surface area contributed by atoms with Gasteiger partial charge in [0.15, 0.2) is 0 Å². The molecule has 0 heterocycles. The van der Waals surface area contributed by atoms with E-state index in [4.69, 9.17) is 0 Å². The van der Waals surface area contributed by atoms with Crippen molar-refractivity contribution in [2.45, 2.75) is 39.5 Å². The van der Waals surface area contributed by atoms with Crippen LogP contribution in [0.3, 0.4) is 0 Å². The number of hydrogen-bond donors (Lipinski definition) is 1. The van der Waals surface area contributed by atoms with Crippen LogP contribution in [0, 0.1) is 5.92 Å². The third-order valence-corrected chi connectivity index (χ3v) is 3.15. The average molecular weight is 198 g/mol. The van der Waals surface area contributed by atoms with Gasteiger partial charge in [-0.25, -0.2) is 0 Å². The van der Waals surface area contributed by atoms with E-state index in [1.165, 1.54) is 58.4 Å². The van der Waals surface area contributed by atoms with E-state index in [0.29, 0.717) is 0 Å². The molecule has 0 aromatic rings. The fourth-order valence-electron chi connectivity index (χ4n) is 1.81. The summed E-state index contributed by atoms with van der Waals surface area (Å²) in [6, 6.07) is 0. The van der Waals surface area contributed by atoms with Crippen LogP contribution in [0.2, 0.25) is 0 Å². The Hall–Kier alpha value is -0.0800. The number of hydrogen-bond acceptors (Lipinski definition) is 2. The molecule has 0 aromatic heterocycles. The summed E-state index contributed by atoms with van der Waals surface area (Å²) in [4.78, 5) is 2.49. The van der Waals surface area contributed by atoms with Gasteiger partial charge < -0.3 is 10.2 Å². The Bertz CT molecular complexity index is 128. The Balaban J connectivity index is 1.78. The summed E-state index contributed by atoms with van der Waals surface area (Å²) in [5.41, 5.74) is 0. The van der Waals surface area contributed by atoms with Gasteiger partial charge in [0.05, 0.1) is 0 Å². The Labute approximate surface area is 89.1 Å². The first-order valence-corrected chi connectivity index (χ1v) is 6.29. The summed E-state index contributed by atoms with van der Waals surface area (Å²) in [5, 5.41) is 3.53. The molecule has 0 atom stereocenters. The molecular formula is C12H26N2. The van der Waals surface area contributed by atoms with Gasteiger partial charge in [0, 0.05) is 0 Å². The van der Waals surface area contributed by atoms with Gasteiger partial charge >= 0.3 is 0 Å². The van der Waals surface area contributed by atoms with Crippen molar-refractivity contribution in [3.05, 3.63) is 0 Å². The minimum atomic E-state index is 1.07. The molecule has 0 radical (unpaired) electrons. The molecule has 84 valence electrons. The van der Waals surface area contributed by atoms with Crippen LogP contribution in [0.25, 0.3) is 0 Å². The van der Waals surface area contributed by atoms with Crippen molar-refractivity contribution in [3.63, 3.8) is 0 Å². The molecule has 14 heavy (non-hydrogen) atoms. The van der Waals surface area contributed by atoms with Crippen molar-refractivity contribution >= 4 is 0 Å². The first kappa shape index (κ1) is 12.0. The standard InChI is InChI=1S/C12H26N2/c1-3-14(4-2)11-5-9-13-10-8-12-6-7-12/h12-13H,3-11H2,1-2H3. The van der Waals surface area contributed by atoms with Crippen LogP contribution in [0.4, 0.5) is 0 Å². The SMILES string of the molecule is CCN(CC)CCCNCCC1CC1. The lowest BCUT2D eigenvalue weighted by molar-refractivity contribution is 0.298. The maximum atomic E-state index is 3.53. The second-order valence-electron chi connectivity index (χ2n) is 4.36. The van der Waals surface area contributed by atoms with Gasteiger partial charge in [0.2, 0.25) is 0 Å². The van der Waals surface area contributed by atoms with Crippen LogP contribution >= 0.6 is 0 Å². The monoisotopic (exact) mass is 198 g/mol. The summed E-state index contributed by atoms with van der Waals surface area (Å²) in [7, 11) is 0. The molecule has 0 spiro atoms. The summed E-state index contributed by atoms with van der Waals surface area (Å²) in [5.74, 6) is 1.07. The maximum absolute atomic E-state index is 3.53. The van der Waals surface area contributed by atoms with Crippen molar-refractivity contribution in [1.82, 2.24) is 10.2 Å². The van der Waals surface area contributed by atoms with Gasteiger partial charge in [-0.1, -0.05) is 26.7 Å². The second kappa shape index (κ2) is 7.24. The van der Waals surface area contributed by atoms with E-state index in [2.05, 4.69) is 24.1 Å². The summed E-state index contributed by atoms with van der Waals surface area (Å²) < 4.78 is 0. The molecule has 1 aliphatic carbocycles. The predicted octanol–water partition coefficient (Wildman–Crippen LogP) is 2.11. The lowest BCUT2D eigenvalue weighted by Crippen LogP contribution is -2.27. The summed E-state index contributed by atoms with van der Waals surface area (Å²) in [6.45, 7) is 10.6. The van der Waals surface area contributed by atoms with E-state index >= 15 is 0 Å². The maximum Gasteiger partial charge on any atom is -0.000687 e. The first-order chi connectivity index (χ1) is 6.86. The highest BCUT2D eigenvalue weighted by Gasteiger charge is 2.19. The van der Waals surface area contributed by atoms with Gasteiger partial charge in [-0.3, -0.25) is 0 Å². The Morgan fingerprint density at radius 1 is 1.14 bits per heavy atom. The zero-order chi connectivity index (χ0) is 10.2. The molecule has 0 saturated heterocycles. The second-order valence-corrected chi connectivity index (χ2v) is 4.36. The average Bonchev–Trinajstić information content (AvgIpc) is 3.01. The molecule has 0 amide bonds. The van der Waals surface area contributed by atoms with E-state index in [9.17, 15) is 0 Å². The molecule has 2 nitrogen and oxygen atoms in total. The zero-order valence-corrected chi connectivity index (χ0v) is 9.89. The predicted molar refractivity (Wildman–Crippen MR) is 62.6 cm³/mol. The number of nitrogens with one attached hydrogen (secondary N) is 1. The number of nitrogens with zero attached hydrogens (tertiary/aromatic N) is 1. The third-order valence-electron chi connectivity index (χ3n) is 3.15. The van der Waals surface area contributed by atoms with E-state index < -0.39 is 0 Å². The molecule has 0 aliphatic heterocycles. The van der Waals surface area contributed by atoms with Gasteiger partial charge in [0.25, 0.3) is 0 Å². The molecular weight excluding hydrogens is 172 g/mol. The van der Waals surface area contributed by atoms with Crippen LogP contribution in [0.15, 0.2) is 0 Å². The van der Waals surface area contributed by atoms with Crippen LogP contribution in [0.5, 0.6) is 0 Å². The van der Waals surface area contributed by atoms with Crippen molar-refractivity contribution in [3.8, 4) is 0 Å². The van der Waals surface area contributed by atoms with E-state index in [1.807, 2.05) is 0 Å². The van der Waals surface area contributed by atoms with E-state index in [0.717, 1.165) is 5.92 Å². The Morgan fingerprint density at radius 2 is 1.86 bits per heavy atom. The zero-order valence-electron chi connectivity index (χ0n) is 9.89. The fourth-order valence-corrected chi connectivity index (χ4v) is 1.81. The molecule has 1 N–H and O–H groups in total. The molecule has 1 rings (SSSR count). The highest BCUT2D eigenvalue weighted by atomic mass is 15.1. The molecule has 0 unspecified atom stereocenters. The minimum Gasteiger partial charge on any atom is -0.317 e. The van der Waals surface area contributed by atoms with Crippen molar-refractivity contribution < 1.29 is 0 Å². The Kier molecular flexibility index (Phi) is 6.20. The molecule has 0 aromatic carbocycles. The van der Waals surface area contributed by atoms with Gasteiger partial charge in [-0.05, 0) is 51.5 Å². The molecule has 1 saturated carbocycles. The smallest absolute Gasteiger partial charge is 0.000687 e. The minimum absolute atomic E-state index is 1.07. The van der Waals surface area contributed by atoms with Gasteiger partial charge in [-0.2, -0.15) is 0 Å². The fraction of sp³-hybridized carbons (Fsp3) is 1.00. The molecule has 0 bridgehead atoms. The van der Waals surface area contributed by atoms with Crippen molar-refractivity contribution in [2.24, 2.45) is 5.92 Å². The Morgan fingerprint density at radius 3 is 2.43 bits per heavy atom. The van der Waals surface area contributed by atoms with E-state index in [-0.39, 0.29) is 0 Å². The summed E-state index contributed by atoms with van der Waals surface area (Å²) in [6.07, 6.45) is 5.68. The van der Waals surface area contributed by atoms with Crippen molar-refractivity contribution in [1.29, 1.82) is 0 Å². The quantitative estimate of drug-likeness (QED) is 0.571. The highest BCUT2D eigenvalue weighted by molar-refractivity contribution is 4.73.